The van der Waals surface area contributed by atoms with Crippen LogP contribution in [0.5, 0.6) is 0 Å². The lowest BCUT2D eigenvalue weighted by molar-refractivity contribution is -0.140. The van der Waals surface area contributed by atoms with Gasteiger partial charge in [0.25, 0.3) is 5.91 Å². The van der Waals surface area contributed by atoms with E-state index in [-0.39, 0.29) is 29.6 Å². The van der Waals surface area contributed by atoms with Crippen molar-refractivity contribution in [3.05, 3.63) is 65.0 Å². The van der Waals surface area contributed by atoms with Gasteiger partial charge in [-0.25, -0.2) is 4.39 Å². The summed E-state index contributed by atoms with van der Waals surface area (Å²) in [6.45, 7) is 6.42. The van der Waals surface area contributed by atoms with Crippen LogP contribution in [0.2, 0.25) is 0 Å². The van der Waals surface area contributed by atoms with Crippen LogP contribution in [0.3, 0.4) is 0 Å². The number of ether oxygens (including phenoxy) is 1. The maximum atomic E-state index is 14.9. The standard InChI is InChI=1S/C28H36FN3O3/c1-19-17-31(15-16-32(19)28(34)22-11-7-8-12-22)18-23-20(2)25(14-13-24(23)29)30-27(33)26(35-3)21-9-5-4-6-10-21/h4-6,9-10,13-14,19,22,26H,7-8,11-12,15-18H2,1-3H3,(H,30,33)/t19-,26+/m0/s1. The van der Waals surface area contributed by atoms with Gasteiger partial charge < -0.3 is 15.0 Å². The molecule has 1 saturated carbocycles. The van der Waals surface area contributed by atoms with Gasteiger partial charge >= 0.3 is 0 Å². The Morgan fingerprint density at radius 1 is 1.11 bits per heavy atom. The van der Waals surface area contributed by atoms with E-state index in [0.717, 1.165) is 31.2 Å². The first-order chi connectivity index (χ1) is 16.9. The third-order valence-electron chi connectivity index (χ3n) is 7.46. The predicted octanol–water partition coefficient (Wildman–Crippen LogP) is 4.68. The molecule has 4 rings (SSSR count). The van der Waals surface area contributed by atoms with E-state index in [1.54, 1.807) is 6.07 Å². The highest BCUT2D eigenvalue weighted by Gasteiger charge is 2.33. The van der Waals surface area contributed by atoms with Gasteiger partial charge in [0.15, 0.2) is 6.10 Å². The fraction of sp³-hybridized carbons (Fsp3) is 0.500. The fourth-order valence-corrected chi connectivity index (χ4v) is 5.41. The molecule has 188 valence electrons. The third kappa shape index (κ3) is 5.73. The van der Waals surface area contributed by atoms with Gasteiger partial charge in [-0.1, -0.05) is 43.2 Å². The predicted molar refractivity (Wildman–Crippen MR) is 134 cm³/mol. The Kier molecular flexibility index (Phi) is 8.19. The number of benzene rings is 2. The minimum Gasteiger partial charge on any atom is -0.367 e. The lowest BCUT2D eigenvalue weighted by Crippen LogP contribution is -2.54. The molecule has 1 aliphatic carbocycles. The van der Waals surface area contributed by atoms with Crippen molar-refractivity contribution in [1.29, 1.82) is 0 Å². The summed E-state index contributed by atoms with van der Waals surface area (Å²) in [6, 6.07) is 12.4. The molecule has 0 bridgehead atoms. The largest absolute Gasteiger partial charge is 0.367 e. The van der Waals surface area contributed by atoms with E-state index in [4.69, 9.17) is 4.74 Å². The molecule has 2 aliphatic rings. The number of nitrogens with zero attached hydrogens (tertiary/aromatic N) is 2. The number of carbonyl (C=O) groups excluding carboxylic acids is 2. The summed E-state index contributed by atoms with van der Waals surface area (Å²) < 4.78 is 20.3. The second-order valence-corrected chi connectivity index (χ2v) is 9.81. The zero-order valence-corrected chi connectivity index (χ0v) is 20.9. The van der Waals surface area contributed by atoms with Crippen LogP contribution in [0.25, 0.3) is 0 Å². The SMILES string of the molecule is CO[C@@H](C(=O)Nc1ccc(F)c(CN2CCN(C(=O)C3CCCC3)[C@@H](C)C2)c1C)c1ccccc1. The van der Waals surface area contributed by atoms with Crippen LogP contribution in [0.1, 0.15) is 55.4 Å². The van der Waals surface area contributed by atoms with Crippen molar-refractivity contribution in [1.82, 2.24) is 9.80 Å². The summed E-state index contributed by atoms with van der Waals surface area (Å²) in [4.78, 5) is 30.1. The molecule has 2 atom stereocenters. The van der Waals surface area contributed by atoms with E-state index in [9.17, 15) is 14.0 Å². The monoisotopic (exact) mass is 481 g/mol. The Morgan fingerprint density at radius 2 is 1.83 bits per heavy atom. The highest BCUT2D eigenvalue weighted by atomic mass is 19.1. The summed E-state index contributed by atoms with van der Waals surface area (Å²) in [5.41, 5.74) is 2.61. The quantitative estimate of drug-likeness (QED) is 0.624. The van der Waals surface area contributed by atoms with E-state index >= 15 is 0 Å². The molecular formula is C28H36FN3O3. The van der Waals surface area contributed by atoms with Crippen molar-refractivity contribution in [2.45, 2.75) is 58.2 Å². The number of methoxy groups -OCH3 is 1. The summed E-state index contributed by atoms with van der Waals surface area (Å²) in [7, 11) is 1.50. The fourth-order valence-electron chi connectivity index (χ4n) is 5.41. The Morgan fingerprint density at radius 3 is 2.49 bits per heavy atom. The number of carbonyl (C=O) groups is 2. The maximum Gasteiger partial charge on any atom is 0.258 e. The first kappa shape index (κ1) is 25.3. The van der Waals surface area contributed by atoms with Crippen molar-refractivity contribution in [3.63, 3.8) is 0 Å². The highest BCUT2D eigenvalue weighted by molar-refractivity contribution is 5.95. The second-order valence-electron chi connectivity index (χ2n) is 9.81. The van der Waals surface area contributed by atoms with Crippen LogP contribution in [0.4, 0.5) is 10.1 Å². The summed E-state index contributed by atoms with van der Waals surface area (Å²) in [5.74, 6) is -0.125. The smallest absolute Gasteiger partial charge is 0.258 e. The normalized spacial score (nSPS) is 20.1. The maximum absolute atomic E-state index is 14.9. The van der Waals surface area contributed by atoms with Crippen molar-refractivity contribution >= 4 is 17.5 Å². The van der Waals surface area contributed by atoms with E-state index in [0.29, 0.717) is 43.0 Å². The molecule has 1 aliphatic heterocycles. The van der Waals surface area contributed by atoms with Gasteiger partial charge in [-0.05, 0) is 49.9 Å². The van der Waals surface area contributed by atoms with Gasteiger partial charge in [0.05, 0.1) is 0 Å². The average Bonchev–Trinajstić information content (AvgIpc) is 3.40. The van der Waals surface area contributed by atoms with Crippen LogP contribution >= 0.6 is 0 Å². The minimum atomic E-state index is -0.754. The Balaban J connectivity index is 1.43. The first-order valence-electron chi connectivity index (χ1n) is 12.6. The summed E-state index contributed by atoms with van der Waals surface area (Å²) in [6.07, 6.45) is 3.54. The second kappa shape index (κ2) is 11.3. The number of nitrogens with one attached hydrogen (secondary N) is 1. The molecule has 0 radical (unpaired) electrons. The lowest BCUT2D eigenvalue weighted by Gasteiger charge is -2.41. The Bertz CT molecular complexity index is 1040. The number of hydrogen-bond donors (Lipinski definition) is 1. The zero-order valence-electron chi connectivity index (χ0n) is 20.9. The van der Waals surface area contributed by atoms with Crippen LogP contribution in [-0.2, 0) is 20.9 Å². The summed E-state index contributed by atoms with van der Waals surface area (Å²) in [5, 5.41) is 2.92. The van der Waals surface area contributed by atoms with Crippen molar-refractivity contribution < 1.29 is 18.7 Å². The molecule has 2 fully saturated rings. The Hall–Kier alpha value is -2.77. The molecule has 0 aromatic heterocycles. The van der Waals surface area contributed by atoms with Gasteiger partial charge in [0.1, 0.15) is 5.82 Å². The molecule has 6 nitrogen and oxygen atoms in total. The van der Waals surface area contributed by atoms with Crippen molar-refractivity contribution in [2.75, 3.05) is 32.1 Å². The number of anilines is 1. The van der Waals surface area contributed by atoms with Crippen molar-refractivity contribution in [2.24, 2.45) is 5.92 Å². The van der Waals surface area contributed by atoms with Gasteiger partial charge in [-0.2, -0.15) is 0 Å². The molecule has 0 unspecified atom stereocenters. The van der Waals surface area contributed by atoms with E-state index in [2.05, 4.69) is 17.1 Å². The molecule has 2 aromatic rings. The molecule has 2 aromatic carbocycles. The molecule has 7 heteroatoms. The highest BCUT2D eigenvalue weighted by Crippen LogP contribution is 2.29. The first-order valence-corrected chi connectivity index (χ1v) is 12.6. The number of hydrogen-bond acceptors (Lipinski definition) is 4. The molecule has 0 spiro atoms. The van der Waals surface area contributed by atoms with E-state index < -0.39 is 6.10 Å². The van der Waals surface area contributed by atoms with E-state index in [1.807, 2.05) is 42.2 Å². The van der Waals surface area contributed by atoms with Gasteiger partial charge in [0.2, 0.25) is 5.91 Å². The molecule has 1 saturated heterocycles. The average molecular weight is 482 g/mol. The zero-order chi connectivity index (χ0) is 24.9. The molecule has 1 N–H and O–H groups in total. The van der Waals surface area contributed by atoms with Crippen LogP contribution in [0.15, 0.2) is 42.5 Å². The van der Waals surface area contributed by atoms with Gasteiger partial charge in [0, 0.05) is 56.5 Å². The Labute approximate surface area is 207 Å². The van der Waals surface area contributed by atoms with Crippen LogP contribution < -0.4 is 5.32 Å². The van der Waals surface area contributed by atoms with Crippen molar-refractivity contribution in [3.8, 4) is 0 Å². The molecule has 2 amide bonds. The minimum absolute atomic E-state index is 0.0939. The number of halogens is 1. The number of piperazine rings is 1. The summed E-state index contributed by atoms with van der Waals surface area (Å²) >= 11 is 0. The van der Waals surface area contributed by atoms with Gasteiger partial charge in [-0.3, -0.25) is 14.5 Å². The molecule has 1 heterocycles. The molecule has 35 heavy (non-hydrogen) atoms. The third-order valence-corrected chi connectivity index (χ3v) is 7.46. The van der Waals surface area contributed by atoms with Crippen LogP contribution in [-0.4, -0.2) is 54.4 Å². The van der Waals surface area contributed by atoms with E-state index in [1.165, 1.54) is 13.2 Å². The molecular weight excluding hydrogens is 445 g/mol. The number of rotatable bonds is 7. The lowest BCUT2D eigenvalue weighted by atomic mass is 10.0. The topological polar surface area (TPSA) is 61.9 Å². The number of amides is 2. The van der Waals surface area contributed by atoms with Crippen LogP contribution in [0, 0.1) is 18.7 Å². The van der Waals surface area contributed by atoms with Gasteiger partial charge in [-0.15, -0.1) is 0 Å².